The lowest BCUT2D eigenvalue weighted by Crippen LogP contribution is -2.09. The normalized spacial score (nSPS) is 11.6. The van der Waals surface area contributed by atoms with E-state index in [1.165, 1.54) is 13.2 Å². The molecule has 8 nitrogen and oxygen atoms in total. The van der Waals surface area contributed by atoms with Crippen molar-refractivity contribution in [2.45, 2.75) is 13.1 Å². The van der Waals surface area contributed by atoms with Crippen molar-refractivity contribution in [2.75, 3.05) is 12.4 Å². The molecule has 0 atom stereocenters. The number of imidazole rings is 1. The van der Waals surface area contributed by atoms with Crippen LogP contribution < -0.4 is 10.1 Å². The third-order valence-corrected chi connectivity index (χ3v) is 5.27. The monoisotopic (exact) mass is 477 g/mol. The number of aryl methyl sites for hydroxylation is 1. The van der Waals surface area contributed by atoms with Crippen molar-refractivity contribution in [3.05, 3.63) is 78.4 Å². The molecule has 0 amide bonds. The predicted molar refractivity (Wildman–Crippen MR) is 124 cm³/mol. The Balaban J connectivity index is 1.51. The molecule has 0 saturated heterocycles. The Morgan fingerprint density at radius 2 is 1.83 bits per heavy atom. The lowest BCUT2D eigenvalue weighted by molar-refractivity contribution is -0.137. The van der Waals surface area contributed by atoms with Crippen LogP contribution in [0.4, 0.5) is 24.7 Å². The zero-order chi connectivity index (χ0) is 24.6. The van der Waals surface area contributed by atoms with E-state index in [0.717, 1.165) is 29.2 Å². The molecular weight excluding hydrogens is 459 g/mol. The molecule has 0 saturated carbocycles. The molecule has 176 valence electrons. The first-order chi connectivity index (χ1) is 16.8. The predicted octanol–water partition coefficient (Wildman–Crippen LogP) is 5.35. The van der Waals surface area contributed by atoms with Crippen molar-refractivity contribution in [1.29, 1.82) is 0 Å². The number of methoxy groups -OCH3 is 1. The smallest absolute Gasteiger partial charge is 0.417 e. The Bertz CT molecular complexity index is 1510. The van der Waals surface area contributed by atoms with Crippen LogP contribution in [0.5, 0.6) is 5.88 Å². The van der Waals surface area contributed by atoms with Crippen LogP contribution in [0.2, 0.25) is 0 Å². The molecule has 0 radical (unpaired) electrons. The van der Waals surface area contributed by atoms with Crippen molar-refractivity contribution >= 4 is 22.5 Å². The van der Waals surface area contributed by atoms with E-state index in [4.69, 9.17) is 4.74 Å². The van der Waals surface area contributed by atoms with E-state index in [1.807, 2.05) is 37.3 Å². The summed E-state index contributed by atoms with van der Waals surface area (Å²) >= 11 is 0. The molecule has 0 bridgehead atoms. The number of hydrogen-bond donors (Lipinski definition) is 1. The molecule has 5 rings (SSSR count). The minimum absolute atomic E-state index is 0.126. The lowest BCUT2D eigenvalue weighted by atomic mass is 10.1. The first-order valence-corrected chi connectivity index (χ1v) is 10.5. The number of hydrogen-bond acceptors (Lipinski definition) is 7. The second-order valence-electron chi connectivity index (χ2n) is 7.65. The van der Waals surface area contributed by atoms with Crippen molar-refractivity contribution in [2.24, 2.45) is 0 Å². The van der Waals surface area contributed by atoms with E-state index in [0.29, 0.717) is 17.2 Å². The number of alkyl halides is 3. The van der Waals surface area contributed by atoms with Crippen LogP contribution in [-0.2, 0) is 6.18 Å². The topological polar surface area (TPSA) is 90.6 Å². The fraction of sp³-hybridized carbons (Fsp3) is 0.125. The molecule has 0 aliphatic carbocycles. The second-order valence-corrected chi connectivity index (χ2v) is 7.65. The van der Waals surface area contributed by atoms with Crippen LogP contribution in [0.25, 0.3) is 28.1 Å². The summed E-state index contributed by atoms with van der Waals surface area (Å²) in [6.45, 7) is 1.85. The summed E-state index contributed by atoms with van der Waals surface area (Å²) in [7, 11) is 1.26. The highest BCUT2D eigenvalue weighted by atomic mass is 19.4. The lowest BCUT2D eigenvalue weighted by Gasteiger charge is -2.14. The highest BCUT2D eigenvalue weighted by molar-refractivity contribution is 5.82. The number of fused-ring (bicyclic) bond motifs is 1. The largest absolute Gasteiger partial charge is 0.481 e. The van der Waals surface area contributed by atoms with Gasteiger partial charge in [-0.05, 0) is 49.4 Å². The van der Waals surface area contributed by atoms with E-state index in [9.17, 15) is 13.2 Å². The first-order valence-electron chi connectivity index (χ1n) is 10.5. The summed E-state index contributed by atoms with van der Waals surface area (Å²) in [5, 5.41) is 11.3. The molecule has 1 aromatic carbocycles. The van der Waals surface area contributed by atoms with E-state index < -0.39 is 11.7 Å². The molecule has 0 aliphatic rings. The fourth-order valence-electron chi connectivity index (χ4n) is 3.58. The van der Waals surface area contributed by atoms with Crippen LogP contribution in [0.15, 0.2) is 67.1 Å². The van der Waals surface area contributed by atoms with Crippen LogP contribution in [0, 0.1) is 6.92 Å². The number of rotatable bonds is 5. The number of halogens is 3. The number of aromatic nitrogens is 6. The molecule has 1 N–H and O–H groups in total. The number of anilines is 2. The van der Waals surface area contributed by atoms with Gasteiger partial charge >= 0.3 is 6.18 Å². The molecule has 4 aromatic heterocycles. The van der Waals surface area contributed by atoms with Gasteiger partial charge in [-0.1, -0.05) is 6.07 Å². The van der Waals surface area contributed by atoms with Crippen LogP contribution >= 0.6 is 0 Å². The first kappa shape index (κ1) is 22.3. The van der Waals surface area contributed by atoms with Gasteiger partial charge < -0.3 is 10.1 Å². The van der Waals surface area contributed by atoms with Gasteiger partial charge in [0.25, 0.3) is 0 Å². The van der Waals surface area contributed by atoms with Crippen LogP contribution in [-0.4, -0.2) is 36.8 Å². The molecule has 4 heterocycles. The average Bonchev–Trinajstić information content (AvgIpc) is 3.28. The quantitative estimate of drug-likeness (QED) is 0.365. The molecular formula is C24H18F3N7O. The summed E-state index contributed by atoms with van der Waals surface area (Å²) in [4.78, 5) is 12.8. The summed E-state index contributed by atoms with van der Waals surface area (Å²) in [5.41, 5.74) is 2.09. The SMILES string of the molecule is COc1cc(C(F)(F)F)c(-c2cccc(-n3cnc4cc(Nc5ccc(C)nn5)ccc43)n2)cn1. The van der Waals surface area contributed by atoms with Crippen molar-refractivity contribution in [3.8, 4) is 23.0 Å². The Hall–Kier alpha value is -4.54. The number of nitrogens with zero attached hydrogens (tertiary/aromatic N) is 6. The zero-order valence-electron chi connectivity index (χ0n) is 18.6. The summed E-state index contributed by atoms with van der Waals surface area (Å²) in [6.07, 6.45) is -1.91. The van der Waals surface area contributed by atoms with E-state index in [1.54, 1.807) is 23.0 Å². The summed E-state index contributed by atoms with van der Waals surface area (Å²) in [5.74, 6) is 0.884. The zero-order valence-corrected chi connectivity index (χ0v) is 18.6. The molecule has 35 heavy (non-hydrogen) atoms. The van der Waals surface area contributed by atoms with Gasteiger partial charge in [0.05, 0.1) is 35.1 Å². The fourth-order valence-corrected chi connectivity index (χ4v) is 3.58. The number of benzene rings is 1. The van der Waals surface area contributed by atoms with Crippen molar-refractivity contribution < 1.29 is 17.9 Å². The standard InChI is InChI=1S/C24H18F3N7O/c1-14-6-9-21(33-32-14)30-15-7-8-20-19(10-15)29-13-34(20)22-5-3-4-18(31-22)16-12-28-23(35-2)11-17(16)24(25,26)27/h3-13H,1-2H3,(H,30,33). The van der Waals surface area contributed by atoms with Gasteiger partial charge in [-0.25, -0.2) is 15.0 Å². The van der Waals surface area contributed by atoms with Gasteiger partial charge in [0, 0.05) is 23.5 Å². The second kappa shape index (κ2) is 8.67. The maximum atomic E-state index is 13.7. The van der Waals surface area contributed by atoms with Gasteiger partial charge in [-0.15, -0.1) is 5.10 Å². The molecule has 0 aliphatic heterocycles. The number of nitrogens with one attached hydrogen (secondary N) is 1. The molecule has 5 aromatic rings. The van der Waals surface area contributed by atoms with Crippen molar-refractivity contribution in [3.63, 3.8) is 0 Å². The highest BCUT2D eigenvalue weighted by Gasteiger charge is 2.35. The minimum Gasteiger partial charge on any atom is -0.481 e. The summed E-state index contributed by atoms with van der Waals surface area (Å²) in [6, 6.07) is 14.9. The summed E-state index contributed by atoms with van der Waals surface area (Å²) < 4.78 is 47.7. The maximum Gasteiger partial charge on any atom is 0.417 e. The molecule has 11 heteroatoms. The Morgan fingerprint density at radius 1 is 0.971 bits per heavy atom. The third-order valence-electron chi connectivity index (χ3n) is 5.27. The Kier molecular flexibility index (Phi) is 5.51. The van der Waals surface area contributed by atoms with Crippen LogP contribution in [0.1, 0.15) is 11.3 Å². The molecule has 0 unspecified atom stereocenters. The van der Waals surface area contributed by atoms with Gasteiger partial charge in [-0.3, -0.25) is 4.57 Å². The highest BCUT2D eigenvalue weighted by Crippen LogP contribution is 2.38. The van der Waals surface area contributed by atoms with Gasteiger partial charge in [-0.2, -0.15) is 18.3 Å². The molecule has 0 fully saturated rings. The van der Waals surface area contributed by atoms with Crippen LogP contribution in [0.3, 0.4) is 0 Å². The Labute approximate surface area is 197 Å². The maximum absolute atomic E-state index is 13.7. The van der Waals surface area contributed by atoms with E-state index in [-0.39, 0.29) is 17.1 Å². The number of ether oxygens (including phenoxy) is 1. The number of pyridine rings is 2. The van der Waals surface area contributed by atoms with Crippen molar-refractivity contribution in [1.82, 2.24) is 29.7 Å². The van der Waals surface area contributed by atoms with Gasteiger partial charge in [0.1, 0.15) is 12.1 Å². The van der Waals surface area contributed by atoms with E-state index in [2.05, 4.69) is 30.5 Å². The third kappa shape index (κ3) is 4.47. The van der Waals surface area contributed by atoms with Gasteiger partial charge in [0.2, 0.25) is 5.88 Å². The van der Waals surface area contributed by atoms with Gasteiger partial charge in [0.15, 0.2) is 5.82 Å². The average molecular weight is 477 g/mol. The Morgan fingerprint density at radius 3 is 2.57 bits per heavy atom. The minimum atomic E-state index is -4.60. The van der Waals surface area contributed by atoms with E-state index >= 15 is 0 Å². The molecule has 0 spiro atoms.